The second kappa shape index (κ2) is 10.2. The quantitative estimate of drug-likeness (QED) is 0.358. The molecule has 1 atom stereocenters. The Labute approximate surface area is 214 Å². The van der Waals surface area contributed by atoms with Crippen molar-refractivity contribution in [2.75, 3.05) is 31.1 Å². The summed E-state index contributed by atoms with van der Waals surface area (Å²) in [5.41, 5.74) is 2.69. The molecule has 2 aromatic carbocycles. The van der Waals surface area contributed by atoms with Gasteiger partial charge in [-0.25, -0.2) is 23.4 Å². The minimum absolute atomic E-state index is 0.106. The number of aromatic nitrogens is 4. The highest BCUT2D eigenvalue weighted by atomic mass is 19.1. The second-order valence-corrected chi connectivity index (χ2v) is 9.55. The zero-order chi connectivity index (χ0) is 26.1. The zero-order valence-electron chi connectivity index (χ0n) is 21.3. The van der Waals surface area contributed by atoms with Crippen LogP contribution in [0.15, 0.2) is 48.5 Å². The lowest BCUT2D eigenvalue weighted by molar-refractivity contribution is 0.0746. The molecule has 9 heteroatoms. The van der Waals surface area contributed by atoms with Gasteiger partial charge in [0.05, 0.1) is 16.8 Å². The maximum absolute atomic E-state index is 13.6. The fourth-order valence-corrected chi connectivity index (χ4v) is 4.85. The normalized spacial score (nSPS) is 14.8. The number of fused-ring (bicyclic) bond motifs is 1. The predicted molar refractivity (Wildman–Crippen MR) is 139 cm³/mol. The average molecular weight is 505 g/mol. The van der Waals surface area contributed by atoms with E-state index in [0.717, 1.165) is 41.3 Å². The number of anilines is 1. The van der Waals surface area contributed by atoms with Gasteiger partial charge in [-0.2, -0.15) is 5.10 Å². The summed E-state index contributed by atoms with van der Waals surface area (Å²) in [7, 11) is 0. The monoisotopic (exact) mass is 504 g/mol. The molecule has 3 heterocycles. The number of hydrogen-bond acceptors (Lipinski definition) is 5. The highest BCUT2D eigenvalue weighted by Gasteiger charge is 2.27. The number of piperazine rings is 1. The van der Waals surface area contributed by atoms with Crippen LogP contribution < -0.4 is 4.90 Å². The van der Waals surface area contributed by atoms with Crippen LogP contribution in [-0.4, -0.2) is 56.7 Å². The van der Waals surface area contributed by atoms with Crippen molar-refractivity contribution >= 4 is 22.8 Å². The van der Waals surface area contributed by atoms with Gasteiger partial charge in [-0.3, -0.25) is 4.79 Å². The Bertz CT molecular complexity index is 1410. The van der Waals surface area contributed by atoms with Crippen LogP contribution in [0.4, 0.5) is 14.6 Å². The van der Waals surface area contributed by atoms with Crippen molar-refractivity contribution in [2.24, 2.45) is 0 Å². The molecule has 1 aliphatic rings. The highest BCUT2D eigenvalue weighted by Crippen LogP contribution is 2.32. The molecule has 0 N–H and O–H groups in total. The van der Waals surface area contributed by atoms with E-state index in [1.54, 1.807) is 21.7 Å². The molecule has 192 valence electrons. The molecule has 0 spiro atoms. The Morgan fingerprint density at radius 3 is 2.19 bits per heavy atom. The summed E-state index contributed by atoms with van der Waals surface area (Å²) in [5, 5.41) is 5.61. The lowest BCUT2D eigenvalue weighted by atomic mass is 10.1. The van der Waals surface area contributed by atoms with E-state index < -0.39 is 0 Å². The standard InChI is InChI=1S/C28H30F2N6O/c1-4-5-18(2)25-31-26(24-19(3)33-36(27(24)32-25)23-12-10-22(30)11-13-23)34-14-16-35(17-15-34)28(37)20-6-8-21(29)9-7-20/h6-13,18H,4-5,14-17H2,1-3H3/t18-/m1/s1. The van der Waals surface area contributed by atoms with Crippen LogP contribution in [0, 0.1) is 18.6 Å². The summed E-state index contributed by atoms with van der Waals surface area (Å²) in [4.78, 5) is 26.9. The highest BCUT2D eigenvalue weighted by molar-refractivity contribution is 5.95. The number of carbonyl (C=O) groups excluding carboxylic acids is 1. The maximum Gasteiger partial charge on any atom is 0.253 e. The van der Waals surface area contributed by atoms with Gasteiger partial charge in [0.15, 0.2) is 5.65 Å². The molecule has 1 fully saturated rings. The van der Waals surface area contributed by atoms with E-state index in [4.69, 9.17) is 15.1 Å². The minimum Gasteiger partial charge on any atom is -0.352 e. The molecule has 4 aromatic rings. The predicted octanol–water partition coefficient (Wildman–Crippen LogP) is 5.27. The van der Waals surface area contributed by atoms with Gasteiger partial charge in [-0.05, 0) is 61.9 Å². The Morgan fingerprint density at radius 2 is 1.57 bits per heavy atom. The summed E-state index contributed by atoms with van der Waals surface area (Å²) in [6, 6.07) is 11.9. The Kier molecular flexibility index (Phi) is 6.86. The van der Waals surface area contributed by atoms with Crippen molar-refractivity contribution in [3.05, 3.63) is 77.2 Å². The third-order valence-electron chi connectivity index (χ3n) is 6.89. The van der Waals surface area contributed by atoms with Crippen molar-refractivity contribution in [3.63, 3.8) is 0 Å². The van der Waals surface area contributed by atoms with Crippen LogP contribution in [0.2, 0.25) is 0 Å². The van der Waals surface area contributed by atoms with Crippen LogP contribution in [0.3, 0.4) is 0 Å². The SMILES string of the molecule is CCC[C@@H](C)c1nc(N2CCN(C(=O)c3ccc(F)cc3)CC2)c2c(C)nn(-c3ccc(F)cc3)c2n1. The fraction of sp³-hybridized carbons (Fsp3) is 0.357. The van der Waals surface area contributed by atoms with Gasteiger partial charge < -0.3 is 9.80 Å². The summed E-state index contributed by atoms with van der Waals surface area (Å²) in [6.07, 6.45) is 1.97. The van der Waals surface area contributed by atoms with Gasteiger partial charge in [-0.1, -0.05) is 20.3 Å². The number of benzene rings is 2. The summed E-state index contributed by atoms with van der Waals surface area (Å²) < 4.78 is 28.6. The van der Waals surface area contributed by atoms with Crippen LogP contribution in [0.1, 0.15) is 54.5 Å². The molecule has 0 radical (unpaired) electrons. The van der Waals surface area contributed by atoms with E-state index >= 15 is 0 Å². The minimum atomic E-state index is -0.362. The van der Waals surface area contributed by atoms with Crippen molar-refractivity contribution in [2.45, 2.75) is 39.5 Å². The topological polar surface area (TPSA) is 67.2 Å². The van der Waals surface area contributed by atoms with E-state index in [9.17, 15) is 13.6 Å². The summed E-state index contributed by atoms with van der Waals surface area (Å²) in [6.45, 7) is 8.43. The number of hydrogen-bond donors (Lipinski definition) is 0. The van der Waals surface area contributed by atoms with Crippen LogP contribution >= 0.6 is 0 Å². The van der Waals surface area contributed by atoms with Crippen LogP contribution in [0.25, 0.3) is 16.7 Å². The van der Waals surface area contributed by atoms with Gasteiger partial charge >= 0.3 is 0 Å². The van der Waals surface area contributed by atoms with Crippen LogP contribution in [-0.2, 0) is 0 Å². The van der Waals surface area contributed by atoms with Crippen molar-refractivity contribution in [1.82, 2.24) is 24.6 Å². The fourth-order valence-electron chi connectivity index (χ4n) is 4.85. The van der Waals surface area contributed by atoms with E-state index in [1.807, 2.05) is 6.92 Å². The lowest BCUT2D eigenvalue weighted by Crippen LogP contribution is -2.49. The van der Waals surface area contributed by atoms with Crippen molar-refractivity contribution < 1.29 is 13.6 Å². The molecule has 0 saturated carbocycles. The molecule has 1 aliphatic heterocycles. The third-order valence-corrected chi connectivity index (χ3v) is 6.89. The lowest BCUT2D eigenvalue weighted by Gasteiger charge is -2.36. The number of rotatable bonds is 6. The van der Waals surface area contributed by atoms with E-state index in [2.05, 4.69) is 18.7 Å². The molecule has 1 saturated heterocycles. The van der Waals surface area contributed by atoms with E-state index in [0.29, 0.717) is 37.4 Å². The summed E-state index contributed by atoms with van der Waals surface area (Å²) in [5.74, 6) is 0.938. The van der Waals surface area contributed by atoms with Gasteiger partial charge in [0.25, 0.3) is 5.91 Å². The number of nitrogens with zero attached hydrogens (tertiary/aromatic N) is 6. The second-order valence-electron chi connectivity index (χ2n) is 9.55. The number of amides is 1. The third kappa shape index (κ3) is 4.90. The number of carbonyl (C=O) groups is 1. The van der Waals surface area contributed by atoms with Crippen molar-refractivity contribution in [1.29, 1.82) is 0 Å². The number of aryl methyl sites for hydroxylation is 1. The molecule has 0 aliphatic carbocycles. The Morgan fingerprint density at radius 1 is 0.946 bits per heavy atom. The zero-order valence-corrected chi connectivity index (χ0v) is 21.3. The molecule has 1 amide bonds. The van der Waals surface area contributed by atoms with Gasteiger partial charge in [0, 0.05) is 37.7 Å². The van der Waals surface area contributed by atoms with Gasteiger partial charge in [-0.15, -0.1) is 0 Å². The molecule has 0 bridgehead atoms. The first-order valence-corrected chi connectivity index (χ1v) is 12.7. The maximum atomic E-state index is 13.6. The average Bonchev–Trinajstić information content (AvgIpc) is 3.25. The Balaban J connectivity index is 1.49. The molecular weight excluding hydrogens is 474 g/mol. The molecular formula is C28H30F2N6O. The Hall–Kier alpha value is -3.88. The van der Waals surface area contributed by atoms with E-state index in [-0.39, 0.29) is 23.5 Å². The molecule has 2 aromatic heterocycles. The molecule has 37 heavy (non-hydrogen) atoms. The van der Waals surface area contributed by atoms with Crippen molar-refractivity contribution in [3.8, 4) is 5.69 Å². The van der Waals surface area contributed by atoms with E-state index in [1.165, 1.54) is 36.4 Å². The van der Waals surface area contributed by atoms with Gasteiger partial charge in [0.2, 0.25) is 0 Å². The first kappa shape index (κ1) is 24.8. The molecule has 0 unspecified atom stereocenters. The van der Waals surface area contributed by atoms with Crippen LogP contribution in [0.5, 0.6) is 0 Å². The number of halogens is 2. The molecule has 7 nitrogen and oxygen atoms in total. The first-order valence-electron chi connectivity index (χ1n) is 12.7. The first-order chi connectivity index (χ1) is 17.9. The smallest absolute Gasteiger partial charge is 0.253 e. The van der Waals surface area contributed by atoms with Gasteiger partial charge in [0.1, 0.15) is 23.3 Å². The largest absolute Gasteiger partial charge is 0.352 e. The summed E-state index contributed by atoms with van der Waals surface area (Å²) >= 11 is 0. The molecule has 5 rings (SSSR count).